The summed E-state index contributed by atoms with van der Waals surface area (Å²) in [4.78, 5) is 109. The van der Waals surface area contributed by atoms with Crippen LogP contribution in [0.1, 0.15) is 29.5 Å². The van der Waals surface area contributed by atoms with Gasteiger partial charge in [-0.2, -0.15) is 0 Å². The predicted octanol–water partition coefficient (Wildman–Crippen LogP) is -6.99. The van der Waals surface area contributed by atoms with Crippen LogP contribution in [0.15, 0.2) is 82.8 Å². The predicted molar refractivity (Wildman–Crippen MR) is 279 cm³/mol. The average Bonchev–Trinajstić information content (AvgIpc) is 4.06. The molecule has 2 fully saturated rings. The Kier molecular flexibility index (Phi) is 19.4. The van der Waals surface area contributed by atoms with Crippen LogP contribution in [0.2, 0.25) is 0 Å². The van der Waals surface area contributed by atoms with E-state index >= 15 is 4.79 Å². The van der Waals surface area contributed by atoms with Gasteiger partial charge in [-0.15, -0.1) is 0 Å². The number of ether oxygens (including phenoxy) is 2. The maximum Gasteiger partial charge on any atom is 0.417 e. The van der Waals surface area contributed by atoms with Gasteiger partial charge in [0.1, 0.15) is 78.3 Å². The molecular weight excluding hydrogens is 1050 g/mol. The number of nitrogens with two attached hydrogens (primary N) is 2. The van der Waals surface area contributed by atoms with Crippen molar-refractivity contribution in [3.8, 4) is 11.5 Å². The van der Waals surface area contributed by atoms with Crippen LogP contribution in [0.4, 0.5) is 10.5 Å². The zero-order valence-electron chi connectivity index (χ0n) is 43.1. The van der Waals surface area contributed by atoms with E-state index < -0.39 is 177 Å². The SMILES string of the molecule is Cc1ccc(OC(=O)Nc2cc(C[C@H]3NC(=O)[C@H](C(C)c4ccccc4)NC(=O)CNC(=O)[C@H](CO)NC(=O)[C@@H](C(O)C4CN=C(N)N4[C@H]4O[C@H](CO)[C@@H](O)[C@H](O)[C@@H]4O)NC(=O)[C@H](C(O)C4CN=C(N)N4)NC3=O)ccc2O)cc1. The van der Waals surface area contributed by atoms with Crippen molar-refractivity contribution in [2.45, 2.75) is 111 Å². The van der Waals surface area contributed by atoms with Crippen LogP contribution in [-0.2, 0) is 39.9 Å². The van der Waals surface area contributed by atoms with Crippen LogP contribution < -0.4 is 58.7 Å². The number of hydrogen-bond acceptors (Lipinski definition) is 23. The minimum absolute atomic E-state index is 0.149. The van der Waals surface area contributed by atoms with Gasteiger partial charge in [0.2, 0.25) is 35.4 Å². The number of phenolic OH excluding ortho intramolecular Hbond substituents is 1. The zero-order valence-corrected chi connectivity index (χ0v) is 43.1. The average molecular weight is 1120 g/mol. The fourth-order valence-electron chi connectivity index (χ4n) is 9.37. The third kappa shape index (κ3) is 14.0. The van der Waals surface area contributed by atoms with Gasteiger partial charge in [-0.05, 0) is 42.3 Å². The molecule has 7 amide bonds. The molecule has 0 spiro atoms. The summed E-state index contributed by atoms with van der Waals surface area (Å²) in [7, 11) is 0. The van der Waals surface area contributed by atoms with Crippen molar-refractivity contribution in [3.05, 3.63) is 89.5 Å². The van der Waals surface area contributed by atoms with Crippen molar-refractivity contribution in [1.29, 1.82) is 0 Å². The number of anilines is 1. The van der Waals surface area contributed by atoms with Gasteiger partial charge in [0.15, 0.2) is 18.1 Å². The zero-order chi connectivity index (χ0) is 58.1. The minimum Gasteiger partial charge on any atom is -0.506 e. The molecule has 432 valence electrons. The molecule has 30 heteroatoms. The van der Waals surface area contributed by atoms with Crippen LogP contribution in [0, 0.1) is 6.92 Å². The molecule has 4 aliphatic heterocycles. The Morgan fingerprint density at radius 1 is 0.750 bits per heavy atom. The smallest absolute Gasteiger partial charge is 0.417 e. The number of phenols is 1. The summed E-state index contributed by atoms with van der Waals surface area (Å²) in [5, 5.41) is 107. The van der Waals surface area contributed by atoms with Gasteiger partial charge in [0.05, 0.1) is 50.6 Å². The molecule has 2 saturated heterocycles. The first-order valence-corrected chi connectivity index (χ1v) is 25.2. The number of aliphatic hydroxyl groups is 7. The lowest BCUT2D eigenvalue weighted by Crippen LogP contribution is -2.70. The van der Waals surface area contributed by atoms with E-state index in [9.17, 15) is 69.6 Å². The van der Waals surface area contributed by atoms with E-state index in [0.29, 0.717) is 5.56 Å². The first kappa shape index (κ1) is 59.4. The molecule has 30 nitrogen and oxygen atoms in total. The molecule has 5 unspecified atom stereocenters. The molecule has 3 aromatic rings. The number of benzene rings is 3. The molecule has 3 aromatic carbocycles. The van der Waals surface area contributed by atoms with Crippen molar-refractivity contribution in [3.63, 3.8) is 0 Å². The maximum atomic E-state index is 15.0. The molecule has 4 aliphatic rings. The third-order valence-electron chi connectivity index (χ3n) is 13.9. The summed E-state index contributed by atoms with van der Waals surface area (Å²) in [5.74, 6) is -8.98. The summed E-state index contributed by atoms with van der Waals surface area (Å²) >= 11 is 0. The largest absolute Gasteiger partial charge is 0.506 e. The number of aromatic hydroxyl groups is 1. The number of amides is 7. The molecule has 0 saturated carbocycles. The summed E-state index contributed by atoms with van der Waals surface area (Å²) in [6.45, 7) is -0.294. The van der Waals surface area contributed by atoms with Crippen molar-refractivity contribution in [2.24, 2.45) is 21.5 Å². The Hall–Kier alpha value is -8.23. The number of nitrogens with zero attached hydrogens (tertiary/aromatic N) is 3. The molecule has 4 heterocycles. The number of nitrogens with one attached hydrogen (secondary N) is 8. The first-order chi connectivity index (χ1) is 38.1. The molecule has 0 radical (unpaired) electrons. The number of hydrogen-bond donors (Lipinski definition) is 18. The summed E-state index contributed by atoms with van der Waals surface area (Å²) < 4.78 is 11.0. The van der Waals surface area contributed by atoms with Crippen molar-refractivity contribution >= 4 is 59.1 Å². The lowest BCUT2D eigenvalue weighted by atomic mass is 9.92. The van der Waals surface area contributed by atoms with Crippen molar-refractivity contribution in [1.82, 2.24) is 42.1 Å². The molecule has 7 rings (SSSR count). The van der Waals surface area contributed by atoms with Crippen LogP contribution >= 0.6 is 0 Å². The molecule has 0 aliphatic carbocycles. The maximum absolute atomic E-state index is 15.0. The number of carbonyl (C=O) groups is 7. The Morgan fingerprint density at radius 3 is 2.06 bits per heavy atom. The van der Waals surface area contributed by atoms with E-state index in [0.717, 1.165) is 10.5 Å². The Balaban J connectivity index is 1.28. The normalized spacial score (nSPS) is 29.3. The van der Waals surface area contributed by atoms with Gasteiger partial charge in [-0.3, -0.25) is 44.1 Å². The van der Waals surface area contributed by atoms with Crippen molar-refractivity contribution in [2.75, 3.05) is 38.2 Å². The van der Waals surface area contributed by atoms with Crippen LogP contribution in [0.3, 0.4) is 0 Å². The summed E-state index contributed by atoms with van der Waals surface area (Å²) in [6, 6.07) is 6.01. The Morgan fingerprint density at radius 2 is 1.40 bits per heavy atom. The first-order valence-electron chi connectivity index (χ1n) is 25.2. The van der Waals surface area contributed by atoms with Crippen molar-refractivity contribution < 1.29 is 83.9 Å². The van der Waals surface area contributed by atoms with E-state index in [-0.39, 0.29) is 29.5 Å². The van der Waals surface area contributed by atoms with Crippen LogP contribution in [-0.4, -0.2) is 217 Å². The quantitative estimate of drug-likeness (QED) is 0.0707. The number of rotatable bonds is 13. The fourth-order valence-corrected chi connectivity index (χ4v) is 9.37. The summed E-state index contributed by atoms with van der Waals surface area (Å²) in [6.07, 6.45) is -15.0. The van der Waals surface area contributed by atoms with Gasteiger partial charge in [0.25, 0.3) is 0 Å². The van der Waals surface area contributed by atoms with Gasteiger partial charge < -0.3 is 104 Å². The number of guanidine groups is 2. The standard InChI is InChI=1S/C50H65N13O17/c1-21-8-11-25(12-9-21)79-50(78)59-26-14-23(10-13-31(26)66)15-27-43(74)61-35(37(68)28-16-54-48(51)58-28)46(77)62-36(38(69)30-17-55-49(52)63(30)47-41(72)40(71)39(70)32(20-65)80-47)45(76)57-29(19-64)42(73)53-18-33(67)60-34(44(75)56-27)22(2)24-6-4-3-5-7-24/h3-14,22,27-30,32,34-41,47,64-66,68-72H,15-20H2,1-2H3,(H2,52,55)(H,53,73)(H,56,75)(H,57,76)(H,59,78)(H,60,67)(H,61,74)(H,62,77)(H3,51,54,58)/t22?,27-,28?,29+,30?,32-,34+,35+,36-,37?,38?,39-,40+,41+,47+/m1/s1. The van der Waals surface area contributed by atoms with Gasteiger partial charge in [-0.1, -0.05) is 61.0 Å². The fraction of sp³-hybridized carbons (Fsp3) is 0.460. The molecule has 15 atom stereocenters. The highest BCUT2D eigenvalue weighted by molar-refractivity contribution is 5.99. The van der Waals surface area contributed by atoms with Gasteiger partial charge in [-0.25, -0.2) is 4.79 Å². The second-order valence-electron chi connectivity index (χ2n) is 19.5. The van der Waals surface area contributed by atoms with E-state index in [2.05, 4.69) is 52.5 Å². The number of aliphatic hydroxyl groups excluding tert-OH is 7. The molecule has 0 bridgehead atoms. The van der Waals surface area contributed by atoms with Crippen LogP contribution in [0.25, 0.3) is 0 Å². The highest BCUT2D eigenvalue weighted by atomic mass is 16.6. The lowest BCUT2D eigenvalue weighted by Gasteiger charge is -2.46. The highest BCUT2D eigenvalue weighted by Crippen LogP contribution is 2.30. The third-order valence-corrected chi connectivity index (χ3v) is 13.9. The minimum atomic E-state index is -2.31. The second kappa shape index (κ2) is 26.2. The van der Waals surface area contributed by atoms with Gasteiger partial charge in [0, 0.05) is 12.3 Å². The number of carbonyl (C=O) groups excluding carboxylic acids is 7. The number of aliphatic imine (C=N–C) groups is 2. The van der Waals surface area contributed by atoms with E-state index in [1.165, 1.54) is 30.3 Å². The van der Waals surface area contributed by atoms with E-state index in [1.54, 1.807) is 49.4 Å². The van der Waals surface area contributed by atoms with E-state index in [4.69, 9.17) is 20.9 Å². The highest BCUT2D eigenvalue weighted by Gasteiger charge is 2.52. The van der Waals surface area contributed by atoms with E-state index in [1.807, 2.05) is 6.92 Å². The Labute approximate surface area is 456 Å². The molecular formula is C50H65N13O17. The topological polar surface area (TPSA) is 476 Å². The Bertz CT molecular complexity index is 2810. The second-order valence-corrected chi connectivity index (χ2v) is 19.5. The number of aryl methyl sites for hydroxylation is 1. The molecule has 20 N–H and O–H groups in total. The van der Waals surface area contributed by atoms with Gasteiger partial charge >= 0.3 is 6.09 Å². The summed E-state index contributed by atoms with van der Waals surface area (Å²) in [5.41, 5.74) is 13.4. The monoisotopic (exact) mass is 1120 g/mol. The molecule has 0 aromatic heterocycles. The lowest BCUT2D eigenvalue weighted by molar-refractivity contribution is -0.260. The molecule has 80 heavy (non-hydrogen) atoms. The van der Waals surface area contributed by atoms with Crippen LogP contribution in [0.5, 0.6) is 11.5 Å².